The zero-order valence-corrected chi connectivity index (χ0v) is 7.86. The Morgan fingerprint density at radius 1 is 1.21 bits per heavy atom. The van der Waals surface area contributed by atoms with Gasteiger partial charge < -0.3 is 4.74 Å². The van der Waals surface area contributed by atoms with E-state index in [1.807, 2.05) is 37.3 Å². The third-order valence-electron chi connectivity index (χ3n) is 2.14. The summed E-state index contributed by atoms with van der Waals surface area (Å²) in [5, 5.41) is 2.05. The lowest BCUT2D eigenvalue weighted by Gasteiger charge is -2.05. The second kappa shape index (κ2) is 3.50. The van der Waals surface area contributed by atoms with Crippen molar-refractivity contribution in [3.05, 3.63) is 42.0 Å². The summed E-state index contributed by atoms with van der Waals surface area (Å²) in [5.74, 6) is 0.621. The molecule has 2 aromatic carbocycles. The molecule has 70 valence electrons. The van der Waals surface area contributed by atoms with Gasteiger partial charge in [-0.1, -0.05) is 30.3 Å². The smallest absolute Gasteiger partial charge is 0.298 e. The van der Waals surface area contributed by atoms with Gasteiger partial charge in [0.15, 0.2) is 0 Å². The molecule has 0 bridgehead atoms. The fourth-order valence-corrected chi connectivity index (χ4v) is 1.57. The van der Waals surface area contributed by atoms with Gasteiger partial charge in [-0.15, -0.1) is 0 Å². The molecule has 0 aromatic heterocycles. The topological polar surface area (TPSA) is 26.3 Å². The Kier molecular flexibility index (Phi) is 2.19. The van der Waals surface area contributed by atoms with E-state index < -0.39 is 0 Å². The van der Waals surface area contributed by atoms with Crippen molar-refractivity contribution in [3.8, 4) is 5.75 Å². The standard InChI is InChI=1S/C12H10O2/c1-9-6-10-4-2-3-5-11(10)12(7-9)14-8-13/h2-8H,1H3. The SMILES string of the molecule is Cc1cc(OC=O)c2ccccc2c1. The molecule has 0 aliphatic rings. The van der Waals surface area contributed by atoms with Crippen molar-refractivity contribution in [2.45, 2.75) is 6.92 Å². The maximum atomic E-state index is 10.3. The molecule has 0 spiro atoms. The molecule has 0 heterocycles. The van der Waals surface area contributed by atoms with Gasteiger partial charge in [0.05, 0.1) is 0 Å². The summed E-state index contributed by atoms with van der Waals surface area (Å²) in [6, 6.07) is 11.7. The van der Waals surface area contributed by atoms with Crippen molar-refractivity contribution in [2.24, 2.45) is 0 Å². The molecular formula is C12H10O2. The Hall–Kier alpha value is -1.83. The van der Waals surface area contributed by atoms with Gasteiger partial charge in [-0.3, -0.25) is 4.79 Å². The van der Waals surface area contributed by atoms with Crippen molar-refractivity contribution in [1.29, 1.82) is 0 Å². The molecule has 0 atom stereocenters. The molecule has 0 fully saturated rings. The van der Waals surface area contributed by atoms with Crippen LogP contribution in [-0.4, -0.2) is 6.47 Å². The minimum Gasteiger partial charge on any atom is -0.428 e. The molecule has 0 saturated heterocycles. The average Bonchev–Trinajstić information content (AvgIpc) is 2.18. The van der Waals surface area contributed by atoms with E-state index in [0.717, 1.165) is 16.3 Å². The van der Waals surface area contributed by atoms with Crippen LogP contribution in [0.1, 0.15) is 5.56 Å². The van der Waals surface area contributed by atoms with Crippen molar-refractivity contribution in [2.75, 3.05) is 0 Å². The second-order valence-electron chi connectivity index (χ2n) is 3.20. The summed E-state index contributed by atoms with van der Waals surface area (Å²) in [5.41, 5.74) is 1.08. The van der Waals surface area contributed by atoms with E-state index >= 15 is 0 Å². The van der Waals surface area contributed by atoms with Gasteiger partial charge >= 0.3 is 0 Å². The molecule has 0 N–H and O–H groups in total. The molecule has 0 radical (unpaired) electrons. The zero-order valence-electron chi connectivity index (χ0n) is 7.86. The summed E-state index contributed by atoms with van der Waals surface area (Å²) >= 11 is 0. The molecular weight excluding hydrogens is 176 g/mol. The molecule has 0 saturated carbocycles. The molecule has 0 aliphatic carbocycles. The van der Waals surface area contributed by atoms with E-state index in [-0.39, 0.29) is 0 Å². The number of fused-ring (bicyclic) bond motifs is 1. The van der Waals surface area contributed by atoms with Gasteiger partial charge in [-0.05, 0) is 23.9 Å². The molecule has 0 unspecified atom stereocenters. The number of hydrogen-bond donors (Lipinski definition) is 0. The molecule has 0 amide bonds. The van der Waals surface area contributed by atoms with E-state index in [0.29, 0.717) is 12.2 Å². The van der Waals surface area contributed by atoms with Gasteiger partial charge in [0.1, 0.15) is 5.75 Å². The lowest BCUT2D eigenvalue weighted by molar-refractivity contribution is -0.120. The third kappa shape index (κ3) is 1.46. The number of carbonyl (C=O) groups is 1. The summed E-state index contributed by atoms with van der Waals surface area (Å²) in [4.78, 5) is 10.3. The predicted octanol–water partition coefficient (Wildman–Crippen LogP) is 2.68. The normalized spacial score (nSPS) is 10.1. The highest BCUT2D eigenvalue weighted by atomic mass is 16.5. The Labute approximate surface area is 82.1 Å². The van der Waals surface area contributed by atoms with Crippen molar-refractivity contribution in [1.82, 2.24) is 0 Å². The van der Waals surface area contributed by atoms with Gasteiger partial charge in [-0.2, -0.15) is 0 Å². The highest BCUT2D eigenvalue weighted by molar-refractivity contribution is 5.89. The van der Waals surface area contributed by atoms with Crippen LogP contribution in [0.3, 0.4) is 0 Å². The average molecular weight is 186 g/mol. The van der Waals surface area contributed by atoms with E-state index in [1.165, 1.54) is 0 Å². The first-order valence-electron chi connectivity index (χ1n) is 4.41. The van der Waals surface area contributed by atoms with Crippen LogP contribution in [0.25, 0.3) is 10.8 Å². The first-order chi connectivity index (χ1) is 6.81. The van der Waals surface area contributed by atoms with Gasteiger partial charge in [0.25, 0.3) is 6.47 Å². The highest BCUT2D eigenvalue weighted by Gasteiger charge is 2.01. The maximum Gasteiger partial charge on any atom is 0.298 e. The van der Waals surface area contributed by atoms with E-state index in [2.05, 4.69) is 6.07 Å². The quantitative estimate of drug-likeness (QED) is 0.674. The van der Waals surface area contributed by atoms with E-state index in [1.54, 1.807) is 0 Å². The number of aryl methyl sites for hydroxylation is 1. The molecule has 2 heteroatoms. The van der Waals surface area contributed by atoms with Crippen LogP contribution in [0.2, 0.25) is 0 Å². The molecule has 2 nitrogen and oxygen atoms in total. The Balaban J connectivity index is 2.73. The second-order valence-corrected chi connectivity index (χ2v) is 3.20. The summed E-state index contributed by atoms with van der Waals surface area (Å²) in [6.07, 6.45) is 0. The van der Waals surface area contributed by atoms with E-state index in [9.17, 15) is 4.79 Å². The lowest BCUT2D eigenvalue weighted by atomic mass is 10.1. The number of benzene rings is 2. The van der Waals surface area contributed by atoms with Crippen molar-refractivity contribution in [3.63, 3.8) is 0 Å². The first kappa shape index (κ1) is 8.75. The van der Waals surface area contributed by atoms with E-state index in [4.69, 9.17) is 4.74 Å². The van der Waals surface area contributed by atoms with Crippen molar-refractivity contribution >= 4 is 17.2 Å². The Morgan fingerprint density at radius 3 is 2.79 bits per heavy atom. The van der Waals surface area contributed by atoms with Crippen LogP contribution in [0.5, 0.6) is 5.75 Å². The Morgan fingerprint density at radius 2 is 2.00 bits per heavy atom. The fourth-order valence-electron chi connectivity index (χ4n) is 1.57. The minimum atomic E-state index is 0.460. The number of ether oxygens (including phenoxy) is 1. The highest BCUT2D eigenvalue weighted by Crippen LogP contribution is 2.26. The summed E-state index contributed by atoms with van der Waals surface area (Å²) in [6.45, 7) is 2.44. The first-order valence-corrected chi connectivity index (χ1v) is 4.41. The molecule has 2 aromatic rings. The van der Waals surface area contributed by atoms with Crippen LogP contribution in [0, 0.1) is 6.92 Å². The molecule has 2 rings (SSSR count). The Bertz CT molecular complexity index is 475. The summed E-state index contributed by atoms with van der Waals surface area (Å²) in [7, 11) is 0. The van der Waals surface area contributed by atoms with Crippen LogP contribution in [-0.2, 0) is 4.79 Å². The summed E-state index contributed by atoms with van der Waals surface area (Å²) < 4.78 is 4.92. The number of hydrogen-bond acceptors (Lipinski definition) is 2. The van der Waals surface area contributed by atoms with Gasteiger partial charge in [0.2, 0.25) is 0 Å². The largest absolute Gasteiger partial charge is 0.428 e. The van der Waals surface area contributed by atoms with Crippen molar-refractivity contribution < 1.29 is 9.53 Å². The zero-order chi connectivity index (χ0) is 9.97. The van der Waals surface area contributed by atoms with Gasteiger partial charge in [-0.25, -0.2) is 0 Å². The van der Waals surface area contributed by atoms with Crippen LogP contribution in [0.15, 0.2) is 36.4 Å². The predicted molar refractivity (Wildman–Crippen MR) is 55.4 cm³/mol. The lowest BCUT2D eigenvalue weighted by Crippen LogP contribution is -1.90. The number of rotatable bonds is 2. The number of carbonyl (C=O) groups excluding carboxylic acids is 1. The molecule has 0 aliphatic heterocycles. The van der Waals surface area contributed by atoms with Crippen LogP contribution < -0.4 is 4.74 Å². The third-order valence-corrected chi connectivity index (χ3v) is 2.14. The van der Waals surface area contributed by atoms with Gasteiger partial charge in [0, 0.05) is 5.39 Å². The maximum absolute atomic E-state index is 10.3. The minimum absolute atomic E-state index is 0.460. The fraction of sp³-hybridized carbons (Fsp3) is 0.0833. The molecule has 14 heavy (non-hydrogen) atoms. The monoisotopic (exact) mass is 186 g/mol. The van der Waals surface area contributed by atoms with Crippen LogP contribution >= 0.6 is 0 Å². The van der Waals surface area contributed by atoms with Crippen LogP contribution in [0.4, 0.5) is 0 Å².